The summed E-state index contributed by atoms with van der Waals surface area (Å²) in [7, 11) is 2.04. The number of anilines is 1. The summed E-state index contributed by atoms with van der Waals surface area (Å²) >= 11 is 0. The van der Waals surface area contributed by atoms with E-state index in [4.69, 9.17) is 4.98 Å². The van der Waals surface area contributed by atoms with E-state index >= 15 is 0 Å². The largest absolute Gasteiger partial charge is 0.354 e. The van der Waals surface area contributed by atoms with Gasteiger partial charge in [0.1, 0.15) is 5.82 Å². The van der Waals surface area contributed by atoms with Crippen LogP contribution in [0, 0.1) is 26.6 Å². The fourth-order valence-corrected chi connectivity index (χ4v) is 3.87. The van der Waals surface area contributed by atoms with Crippen LogP contribution in [-0.2, 0) is 13.1 Å². The number of fused-ring (bicyclic) bond motifs is 1. The minimum atomic E-state index is -0.213. The Kier molecular flexibility index (Phi) is 6.47. The summed E-state index contributed by atoms with van der Waals surface area (Å²) in [6, 6.07) is 17.5. The van der Waals surface area contributed by atoms with Crippen molar-refractivity contribution in [1.29, 1.82) is 0 Å². The van der Waals surface area contributed by atoms with Gasteiger partial charge < -0.3 is 9.47 Å². The molecule has 2 aromatic heterocycles. The Hall–Kier alpha value is -2.85. The second-order valence-electron chi connectivity index (χ2n) is 7.80. The molecule has 0 saturated heterocycles. The molecule has 2 aromatic carbocycles. The van der Waals surface area contributed by atoms with E-state index in [0.717, 1.165) is 23.4 Å². The van der Waals surface area contributed by atoms with Crippen molar-refractivity contribution in [2.24, 2.45) is 0 Å². The van der Waals surface area contributed by atoms with Crippen LogP contribution in [0.2, 0.25) is 0 Å². The molecular formula is C25H27ClFN3. The molecule has 0 fully saturated rings. The lowest BCUT2D eigenvalue weighted by atomic mass is 10.1. The summed E-state index contributed by atoms with van der Waals surface area (Å²) in [6.07, 6.45) is 1.88. The highest BCUT2D eigenvalue weighted by Gasteiger charge is 2.18. The van der Waals surface area contributed by atoms with Gasteiger partial charge in [0.15, 0.2) is 5.82 Å². The van der Waals surface area contributed by atoms with Gasteiger partial charge in [0.2, 0.25) is 0 Å². The van der Waals surface area contributed by atoms with Gasteiger partial charge in [-0.25, -0.2) is 9.37 Å². The van der Waals surface area contributed by atoms with E-state index in [-0.39, 0.29) is 18.2 Å². The molecule has 5 heteroatoms. The highest BCUT2D eigenvalue weighted by atomic mass is 35.5. The average Bonchev–Trinajstić information content (AvgIpc) is 2.96. The van der Waals surface area contributed by atoms with E-state index in [9.17, 15) is 4.39 Å². The van der Waals surface area contributed by atoms with Crippen LogP contribution in [0.25, 0.3) is 10.9 Å². The van der Waals surface area contributed by atoms with E-state index in [1.165, 1.54) is 39.9 Å². The number of halogens is 2. The molecule has 0 radical (unpaired) electrons. The zero-order valence-corrected chi connectivity index (χ0v) is 18.6. The van der Waals surface area contributed by atoms with Gasteiger partial charge in [-0.3, -0.25) is 0 Å². The number of nitrogens with zero attached hydrogens (tertiary/aromatic N) is 3. The third-order valence-electron chi connectivity index (χ3n) is 5.68. The summed E-state index contributed by atoms with van der Waals surface area (Å²) in [4.78, 5) is 6.86. The third-order valence-corrected chi connectivity index (χ3v) is 5.68. The topological polar surface area (TPSA) is 21.1 Å². The molecule has 0 aliphatic carbocycles. The Balaban J connectivity index is 0.00000256. The molecule has 30 heavy (non-hydrogen) atoms. The zero-order valence-electron chi connectivity index (χ0n) is 17.8. The highest BCUT2D eigenvalue weighted by Crippen LogP contribution is 2.32. The molecule has 0 spiro atoms. The van der Waals surface area contributed by atoms with E-state index in [1.807, 2.05) is 25.4 Å². The molecule has 0 aliphatic rings. The monoisotopic (exact) mass is 423 g/mol. The van der Waals surface area contributed by atoms with Crippen LogP contribution < -0.4 is 4.90 Å². The van der Waals surface area contributed by atoms with Crippen LogP contribution in [0.1, 0.15) is 27.9 Å². The zero-order chi connectivity index (χ0) is 20.5. The lowest BCUT2D eigenvalue weighted by Crippen LogP contribution is -2.19. The van der Waals surface area contributed by atoms with Crippen molar-refractivity contribution >= 4 is 29.1 Å². The second kappa shape index (κ2) is 8.88. The van der Waals surface area contributed by atoms with Gasteiger partial charge in [0.25, 0.3) is 0 Å². The lowest BCUT2D eigenvalue weighted by molar-refractivity contribution is 0.627. The number of aromatic nitrogens is 2. The Bertz CT molecular complexity index is 1150. The smallest absolute Gasteiger partial charge is 0.153 e. The van der Waals surface area contributed by atoms with Crippen molar-refractivity contribution in [2.75, 3.05) is 11.9 Å². The first-order valence-corrected chi connectivity index (χ1v) is 9.89. The molecule has 2 heterocycles. The van der Waals surface area contributed by atoms with Crippen molar-refractivity contribution in [2.45, 2.75) is 33.9 Å². The van der Waals surface area contributed by atoms with Crippen molar-refractivity contribution in [3.05, 3.63) is 94.6 Å². The van der Waals surface area contributed by atoms with Gasteiger partial charge in [0.05, 0.1) is 5.52 Å². The van der Waals surface area contributed by atoms with Crippen LogP contribution in [-0.4, -0.2) is 16.6 Å². The maximum atomic E-state index is 13.3. The van der Waals surface area contributed by atoms with Gasteiger partial charge in [-0.05, 0) is 55.7 Å². The Morgan fingerprint density at radius 2 is 1.53 bits per heavy atom. The first-order chi connectivity index (χ1) is 13.9. The van der Waals surface area contributed by atoms with Gasteiger partial charge in [0, 0.05) is 37.4 Å². The number of hydrogen-bond acceptors (Lipinski definition) is 2. The van der Waals surface area contributed by atoms with Crippen molar-refractivity contribution in [3.63, 3.8) is 0 Å². The molecule has 4 aromatic rings. The van der Waals surface area contributed by atoms with Crippen LogP contribution >= 0.6 is 12.4 Å². The molecule has 0 unspecified atom stereocenters. The SMILES string of the molecule is Cc1ccc(Cn2c(C)c(C)c3ccnc(N(C)Cc4ccc(F)cc4)c32)cc1.Cl. The quantitative estimate of drug-likeness (QED) is 0.380. The van der Waals surface area contributed by atoms with E-state index in [0.29, 0.717) is 6.54 Å². The maximum absolute atomic E-state index is 13.3. The first-order valence-electron chi connectivity index (χ1n) is 9.89. The molecule has 0 N–H and O–H groups in total. The summed E-state index contributed by atoms with van der Waals surface area (Å²) < 4.78 is 15.6. The standard InChI is InChI=1S/C25H26FN3.ClH/c1-17-5-7-21(8-6-17)16-29-19(3)18(2)23-13-14-27-25(24(23)29)28(4)15-20-9-11-22(26)12-10-20;/h5-14H,15-16H2,1-4H3;1H. The van der Waals surface area contributed by atoms with Gasteiger partial charge in [-0.1, -0.05) is 42.0 Å². The molecule has 0 saturated carbocycles. The van der Waals surface area contributed by atoms with E-state index < -0.39 is 0 Å². The predicted molar refractivity (Wildman–Crippen MR) is 125 cm³/mol. The van der Waals surface area contributed by atoms with Crippen LogP contribution in [0.3, 0.4) is 0 Å². The Morgan fingerprint density at radius 1 is 0.900 bits per heavy atom. The second-order valence-corrected chi connectivity index (χ2v) is 7.80. The molecule has 0 amide bonds. The third kappa shape index (κ3) is 4.19. The molecule has 0 bridgehead atoms. The van der Waals surface area contributed by atoms with Crippen molar-refractivity contribution in [3.8, 4) is 0 Å². The summed E-state index contributed by atoms with van der Waals surface area (Å²) in [6.45, 7) is 7.93. The summed E-state index contributed by atoms with van der Waals surface area (Å²) in [5.41, 5.74) is 7.27. The van der Waals surface area contributed by atoms with Crippen molar-refractivity contribution < 1.29 is 4.39 Å². The fraction of sp³-hybridized carbons (Fsp3) is 0.240. The molecule has 4 rings (SSSR count). The minimum absolute atomic E-state index is 0. The van der Waals surface area contributed by atoms with E-state index in [1.54, 1.807) is 0 Å². The Morgan fingerprint density at radius 3 is 2.20 bits per heavy atom. The summed E-state index contributed by atoms with van der Waals surface area (Å²) in [5, 5.41) is 1.23. The van der Waals surface area contributed by atoms with Crippen LogP contribution in [0.5, 0.6) is 0 Å². The Labute approximate surface area is 183 Å². The minimum Gasteiger partial charge on any atom is -0.354 e. The van der Waals surface area contributed by atoms with Gasteiger partial charge in [-0.15, -0.1) is 12.4 Å². The predicted octanol–water partition coefficient (Wildman–Crippen LogP) is 6.21. The molecule has 3 nitrogen and oxygen atoms in total. The summed E-state index contributed by atoms with van der Waals surface area (Å²) in [5.74, 6) is 0.727. The van der Waals surface area contributed by atoms with Crippen molar-refractivity contribution in [1.82, 2.24) is 9.55 Å². The molecule has 0 aliphatic heterocycles. The lowest BCUT2D eigenvalue weighted by Gasteiger charge is -2.21. The number of rotatable bonds is 5. The normalized spacial score (nSPS) is 10.8. The average molecular weight is 424 g/mol. The highest BCUT2D eigenvalue weighted by molar-refractivity contribution is 5.93. The number of pyridine rings is 1. The van der Waals surface area contributed by atoms with Crippen LogP contribution in [0.15, 0.2) is 60.8 Å². The molecular weight excluding hydrogens is 397 g/mol. The van der Waals surface area contributed by atoms with E-state index in [2.05, 4.69) is 60.6 Å². The fourth-order valence-electron chi connectivity index (χ4n) is 3.87. The van der Waals surface area contributed by atoms with Gasteiger partial charge in [-0.2, -0.15) is 0 Å². The molecule has 156 valence electrons. The number of aryl methyl sites for hydroxylation is 2. The molecule has 0 atom stereocenters. The number of benzene rings is 2. The first kappa shape index (κ1) is 21.8. The van der Waals surface area contributed by atoms with Crippen LogP contribution in [0.4, 0.5) is 10.2 Å². The maximum Gasteiger partial charge on any atom is 0.153 e. The number of hydrogen-bond donors (Lipinski definition) is 0. The van der Waals surface area contributed by atoms with Gasteiger partial charge >= 0.3 is 0 Å².